The van der Waals surface area contributed by atoms with Gasteiger partial charge in [-0.3, -0.25) is 4.79 Å². The molecule has 0 radical (unpaired) electrons. The molecule has 0 aliphatic rings. The Labute approximate surface area is 162 Å². The Morgan fingerprint density at radius 3 is 2.59 bits per heavy atom. The van der Waals surface area contributed by atoms with Crippen LogP contribution in [0.15, 0.2) is 48.5 Å². The summed E-state index contributed by atoms with van der Waals surface area (Å²) in [5.41, 5.74) is 1.52. The van der Waals surface area contributed by atoms with Crippen molar-refractivity contribution in [2.75, 3.05) is 23.8 Å². The second-order valence-electron chi connectivity index (χ2n) is 6.97. The van der Waals surface area contributed by atoms with Crippen LogP contribution in [0.25, 0.3) is 0 Å². The smallest absolute Gasteiger partial charge is 0.243 e. The van der Waals surface area contributed by atoms with Gasteiger partial charge in [-0.05, 0) is 43.5 Å². The lowest BCUT2D eigenvalue weighted by molar-refractivity contribution is -0.114. The van der Waals surface area contributed by atoms with Gasteiger partial charge in [-0.1, -0.05) is 39.0 Å². The van der Waals surface area contributed by atoms with Gasteiger partial charge in [0.2, 0.25) is 5.91 Å². The number of ether oxygens (including phenoxy) is 2. The number of rotatable bonds is 10. The molecular weight excluding hydrogens is 340 g/mol. The van der Waals surface area contributed by atoms with Crippen molar-refractivity contribution in [1.29, 1.82) is 0 Å². The molecule has 0 bridgehead atoms. The lowest BCUT2D eigenvalue weighted by atomic mass is 10.2. The molecule has 1 atom stereocenters. The molecule has 0 fully saturated rings. The van der Waals surface area contributed by atoms with Gasteiger partial charge in [0.15, 0.2) is 0 Å². The monoisotopic (exact) mass is 370 g/mol. The van der Waals surface area contributed by atoms with Crippen LogP contribution in [0.5, 0.6) is 11.5 Å². The molecule has 5 nitrogen and oxygen atoms in total. The molecule has 2 aromatic rings. The second-order valence-corrected chi connectivity index (χ2v) is 6.97. The number of hydrogen-bond donors (Lipinski definition) is 2. The topological polar surface area (TPSA) is 59.6 Å². The lowest BCUT2D eigenvalue weighted by Crippen LogP contribution is -2.22. The number of anilines is 2. The van der Waals surface area contributed by atoms with Crippen LogP contribution >= 0.6 is 0 Å². The summed E-state index contributed by atoms with van der Waals surface area (Å²) in [6.07, 6.45) is 1.07. The van der Waals surface area contributed by atoms with Gasteiger partial charge in [-0.15, -0.1) is 0 Å². The van der Waals surface area contributed by atoms with E-state index in [1.165, 1.54) is 0 Å². The summed E-state index contributed by atoms with van der Waals surface area (Å²) in [7, 11) is 0. The van der Waals surface area contributed by atoms with E-state index in [1.807, 2.05) is 55.5 Å². The van der Waals surface area contributed by atoms with Gasteiger partial charge in [-0.2, -0.15) is 0 Å². The third kappa shape index (κ3) is 7.21. The fourth-order valence-electron chi connectivity index (χ4n) is 2.34. The van der Waals surface area contributed by atoms with Crippen molar-refractivity contribution in [3.63, 3.8) is 0 Å². The van der Waals surface area contributed by atoms with Crippen LogP contribution < -0.4 is 20.1 Å². The maximum atomic E-state index is 12.3. The number of carbonyl (C=O) groups excluding carboxylic acids is 1. The molecule has 0 saturated carbocycles. The largest absolute Gasteiger partial charge is 0.491 e. The van der Waals surface area contributed by atoms with E-state index in [0.717, 1.165) is 23.6 Å². The molecule has 1 amide bonds. The zero-order valence-electron chi connectivity index (χ0n) is 16.6. The highest BCUT2D eigenvalue weighted by molar-refractivity contribution is 5.94. The Morgan fingerprint density at radius 2 is 1.85 bits per heavy atom. The Bertz CT molecular complexity index is 731. The van der Waals surface area contributed by atoms with E-state index in [1.54, 1.807) is 0 Å². The minimum absolute atomic E-state index is 0.130. The SMILES string of the molecule is CCC(C)Oc1cccc(NC(=O)CNc2ccccc2OCC(C)C)c1. The summed E-state index contributed by atoms with van der Waals surface area (Å²) in [5, 5.41) is 6.04. The van der Waals surface area contributed by atoms with Gasteiger partial charge < -0.3 is 20.1 Å². The number of benzene rings is 2. The Morgan fingerprint density at radius 1 is 1.07 bits per heavy atom. The molecule has 0 aliphatic carbocycles. The van der Waals surface area contributed by atoms with E-state index in [4.69, 9.17) is 9.47 Å². The molecule has 0 aliphatic heterocycles. The summed E-state index contributed by atoms with van der Waals surface area (Å²) < 4.78 is 11.6. The number of para-hydroxylation sites is 2. The standard InChI is InChI=1S/C22H30N2O3/c1-5-17(4)27-19-10-8-9-18(13-19)24-22(25)14-23-20-11-6-7-12-21(20)26-15-16(2)3/h6-13,16-17,23H,5,14-15H2,1-4H3,(H,24,25). The first-order valence-corrected chi connectivity index (χ1v) is 9.50. The average molecular weight is 370 g/mol. The van der Waals surface area contributed by atoms with Crippen LogP contribution in [0.2, 0.25) is 0 Å². The summed E-state index contributed by atoms with van der Waals surface area (Å²) in [6.45, 7) is 9.08. The van der Waals surface area contributed by atoms with Crippen LogP contribution in [0.3, 0.4) is 0 Å². The number of carbonyl (C=O) groups is 1. The Balaban J connectivity index is 1.91. The van der Waals surface area contributed by atoms with Crippen molar-refractivity contribution in [2.24, 2.45) is 5.92 Å². The number of hydrogen-bond acceptors (Lipinski definition) is 4. The van der Waals surface area contributed by atoms with Gasteiger partial charge in [0, 0.05) is 11.8 Å². The van der Waals surface area contributed by atoms with Gasteiger partial charge in [-0.25, -0.2) is 0 Å². The fourth-order valence-corrected chi connectivity index (χ4v) is 2.34. The zero-order chi connectivity index (χ0) is 19.6. The van der Waals surface area contributed by atoms with Crippen LogP contribution in [0, 0.1) is 5.92 Å². The summed E-state index contributed by atoms with van der Waals surface area (Å²) >= 11 is 0. The van der Waals surface area contributed by atoms with Gasteiger partial charge in [0.25, 0.3) is 0 Å². The first-order chi connectivity index (χ1) is 13.0. The van der Waals surface area contributed by atoms with Crippen molar-refractivity contribution in [1.82, 2.24) is 0 Å². The van der Waals surface area contributed by atoms with Gasteiger partial charge in [0.05, 0.1) is 24.9 Å². The van der Waals surface area contributed by atoms with Gasteiger partial charge >= 0.3 is 0 Å². The molecule has 0 saturated heterocycles. The number of nitrogens with one attached hydrogen (secondary N) is 2. The van der Waals surface area contributed by atoms with Crippen LogP contribution in [-0.4, -0.2) is 25.2 Å². The molecule has 0 aromatic heterocycles. The summed E-state index contributed by atoms with van der Waals surface area (Å²) in [5.74, 6) is 1.81. The molecular formula is C22H30N2O3. The van der Waals surface area contributed by atoms with Crippen LogP contribution in [0.4, 0.5) is 11.4 Å². The van der Waals surface area contributed by atoms with Crippen molar-refractivity contribution in [3.05, 3.63) is 48.5 Å². The lowest BCUT2D eigenvalue weighted by Gasteiger charge is -2.15. The third-order valence-electron chi connectivity index (χ3n) is 3.93. The molecule has 0 heterocycles. The average Bonchev–Trinajstić information content (AvgIpc) is 2.65. The first-order valence-electron chi connectivity index (χ1n) is 9.50. The molecule has 2 N–H and O–H groups in total. The molecule has 5 heteroatoms. The van der Waals surface area contributed by atoms with E-state index in [-0.39, 0.29) is 18.6 Å². The Hall–Kier alpha value is -2.69. The normalized spacial score (nSPS) is 11.7. The highest BCUT2D eigenvalue weighted by atomic mass is 16.5. The minimum Gasteiger partial charge on any atom is -0.491 e. The molecule has 27 heavy (non-hydrogen) atoms. The molecule has 2 rings (SSSR count). The van der Waals surface area contributed by atoms with Crippen molar-refractivity contribution >= 4 is 17.3 Å². The molecule has 146 valence electrons. The highest BCUT2D eigenvalue weighted by Crippen LogP contribution is 2.24. The molecule has 1 unspecified atom stereocenters. The second kappa shape index (κ2) is 10.5. The predicted octanol–water partition coefficient (Wildman–Crippen LogP) is 4.95. The Kier molecular flexibility index (Phi) is 7.99. The third-order valence-corrected chi connectivity index (χ3v) is 3.93. The van der Waals surface area contributed by atoms with Gasteiger partial charge in [0.1, 0.15) is 11.5 Å². The molecule has 0 spiro atoms. The zero-order valence-corrected chi connectivity index (χ0v) is 16.6. The quantitative estimate of drug-likeness (QED) is 0.621. The first kappa shape index (κ1) is 20.6. The van der Waals surface area contributed by atoms with E-state index < -0.39 is 0 Å². The van der Waals surface area contributed by atoms with E-state index >= 15 is 0 Å². The van der Waals surface area contributed by atoms with Crippen molar-refractivity contribution in [3.8, 4) is 11.5 Å². The number of amides is 1. The van der Waals surface area contributed by atoms with Crippen molar-refractivity contribution in [2.45, 2.75) is 40.2 Å². The van der Waals surface area contributed by atoms with E-state index in [0.29, 0.717) is 18.2 Å². The maximum absolute atomic E-state index is 12.3. The van der Waals surface area contributed by atoms with Crippen LogP contribution in [0.1, 0.15) is 34.1 Å². The predicted molar refractivity (Wildman–Crippen MR) is 111 cm³/mol. The maximum Gasteiger partial charge on any atom is 0.243 e. The summed E-state index contributed by atoms with van der Waals surface area (Å²) in [4.78, 5) is 12.3. The van der Waals surface area contributed by atoms with Crippen molar-refractivity contribution < 1.29 is 14.3 Å². The molecule has 2 aromatic carbocycles. The van der Waals surface area contributed by atoms with E-state index in [2.05, 4.69) is 31.4 Å². The van der Waals surface area contributed by atoms with E-state index in [9.17, 15) is 4.79 Å². The highest BCUT2D eigenvalue weighted by Gasteiger charge is 2.08. The van der Waals surface area contributed by atoms with Crippen LogP contribution in [-0.2, 0) is 4.79 Å². The summed E-state index contributed by atoms with van der Waals surface area (Å²) in [6, 6.07) is 15.1. The minimum atomic E-state index is -0.130. The fraction of sp³-hybridized carbons (Fsp3) is 0.409.